The normalized spacial score (nSPS) is 11.7. The van der Waals surface area contributed by atoms with Crippen LogP contribution in [-0.4, -0.2) is 5.78 Å². The summed E-state index contributed by atoms with van der Waals surface area (Å²) in [5.74, 6) is -2.47. The van der Waals surface area contributed by atoms with E-state index in [9.17, 15) is 14.4 Å². The summed E-state index contributed by atoms with van der Waals surface area (Å²) in [4.78, 5) is 12.3. The standard InChI is InChI=1S/C15H8Cl2FNO/c16-10-3-1-2-9(6-10)13(8-19)15(20)12-7-11(17)4-5-14(12)18/h1-7,13H. The van der Waals surface area contributed by atoms with Crippen LogP contribution in [0.4, 0.5) is 4.39 Å². The fourth-order valence-electron chi connectivity index (χ4n) is 1.81. The highest BCUT2D eigenvalue weighted by molar-refractivity contribution is 6.31. The zero-order valence-electron chi connectivity index (χ0n) is 10.1. The van der Waals surface area contributed by atoms with Crippen molar-refractivity contribution < 1.29 is 9.18 Å². The number of nitriles is 1. The van der Waals surface area contributed by atoms with Crippen molar-refractivity contribution in [1.82, 2.24) is 0 Å². The SMILES string of the molecule is N#CC(C(=O)c1cc(Cl)ccc1F)c1cccc(Cl)c1. The third-order valence-corrected chi connectivity index (χ3v) is 3.24. The summed E-state index contributed by atoms with van der Waals surface area (Å²) >= 11 is 11.6. The van der Waals surface area contributed by atoms with E-state index >= 15 is 0 Å². The summed E-state index contributed by atoms with van der Waals surface area (Å²) in [6.45, 7) is 0. The second-order valence-electron chi connectivity index (χ2n) is 4.11. The number of nitrogens with zero attached hydrogens (tertiary/aromatic N) is 1. The van der Waals surface area contributed by atoms with E-state index in [1.54, 1.807) is 18.2 Å². The molecule has 2 aromatic rings. The van der Waals surface area contributed by atoms with Gasteiger partial charge in [-0.05, 0) is 35.9 Å². The molecule has 2 aromatic carbocycles. The highest BCUT2D eigenvalue weighted by Crippen LogP contribution is 2.25. The summed E-state index contributed by atoms with van der Waals surface area (Å²) in [7, 11) is 0. The largest absolute Gasteiger partial charge is 0.292 e. The van der Waals surface area contributed by atoms with E-state index in [4.69, 9.17) is 23.2 Å². The van der Waals surface area contributed by atoms with Gasteiger partial charge in [0.05, 0.1) is 11.6 Å². The van der Waals surface area contributed by atoms with Crippen molar-refractivity contribution in [3.63, 3.8) is 0 Å². The summed E-state index contributed by atoms with van der Waals surface area (Å²) in [6.07, 6.45) is 0. The van der Waals surface area contributed by atoms with Crippen molar-refractivity contribution in [3.05, 3.63) is 69.5 Å². The molecule has 0 aliphatic heterocycles. The van der Waals surface area contributed by atoms with Crippen LogP contribution in [0.5, 0.6) is 0 Å². The Labute approximate surface area is 125 Å². The molecule has 0 radical (unpaired) electrons. The number of rotatable bonds is 3. The minimum Gasteiger partial charge on any atom is -0.292 e. The number of Topliss-reactive ketones (excluding diaryl/α,β-unsaturated/α-hetero) is 1. The molecule has 0 heterocycles. The monoisotopic (exact) mass is 307 g/mol. The minimum atomic E-state index is -1.12. The van der Waals surface area contributed by atoms with Crippen LogP contribution in [0.1, 0.15) is 21.8 Å². The second kappa shape index (κ2) is 6.04. The van der Waals surface area contributed by atoms with E-state index in [1.807, 2.05) is 6.07 Å². The van der Waals surface area contributed by atoms with Crippen molar-refractivity contribution >= 4 is 29.0 Å². The zero-order chi connectivity index (χ0) is 14.7. The molecule has 0 aliphatic rings. The third-order valence-electron chi connectivity index (χ3n) is 2.77. The molecule has 0 spiro atoms. The third kappa shape index (κ3) is 2.98. The molecular formula is C15H8Cl2FNO. The molecule has 0 N–H and O–H groups in total. The van der Waals surface area contributed by atoms with Gasteiger partial charge in [-0.15, -0.1) is 0 Å². The lowest BCUT2D eigenvalue weighted by molar-refractivity contribution is 0.0975. The van der Waals surface area contributed by atoms with Gasteiger partial charge in [-0.25, -0.2) is 4.39 Å². The van der Waals surface area contributed by atoms with Gasteiger partial charge in [-0.1, -0.05) is 35.3 Å². The van der Waals surface area contributed by atoms with Crippen LogP contribution in [-0.2, 0) is 0 Å². The Balaban J connectivity index is 2.45. The van der Waals surface area contributed by atoms with E-state index < -0.39 is 17.5 Å². The number of carbonyl (C=O) groups is 1. The maximum absolute atomic E-state index is 13.7. The fraction of sp³-hybridized carbons (Fsp3) is 0.0667. The molecule has 0 aliphatic carbocycles. The molecule has 0 fully saturated rings. The van der Waals surface area contributed by atoms with Crippen molar-refractivity contribution in [1.29, 1.82) is 5.26 Å². The minimum absolute atomic E-state index is 0.205. The van der Waals surface area contributed by atoms with Crippen LogP contribution in [0.15, 0.2) is 42.5 Å². The fourth-order valence-corrected chi connectivity index (χ4v) is 2.18. The molecule has 1 atom stereocenters. The lowest BCUT2D eigenvalue weighted by Gasteiger charge is -2.10. The van der Waals surface area contributed by atoms with Crippen LogP contribution in [0.3, 0.4) is 0 Å². The van der Waals surface area contributed by atoms with E-state index in [0.717, 1.165) is 6.07 Å². The predicted octanol–water partition coefficient (Wildman–Crippen LogP) is 4.62. The molecule has 0 saturated carbocycles. The second-order valence-corrected chi connectivity index (χ2v) is 4.98. The number of hydrogen-bond donors (Lipinski definition) is 0. The first-order chi connectivity index (χ1) is 9.52. The Bertz CT molecular complexity index is 709. The van der Waals surface area contributed by atoms with E-state index in [1.165, 1.54) is 18.2 Å². The summed E-state index contributed by atoms with van der Waals surface area (Å²) in [5.41, 5.74) is 0.216. The molecule has 2 nitrogen and oxygen atoms in total. The molecule has 100 valence electrons. The zero-order valence-corrected chi connectivity index (χ0v) is 11.6. The average Bonchev–Trinajstić information content (AvgIpc) is 2.42. The highest BCUT2D eigenvalue weighted by atomic mass is 35.5. The van der Waals surface area contributed by atoms with Gasteiger partial charge in [-0.2, -0.15) is 5.26 Å². The average molecular weight is 308 g/mol. The molecular weight excluding hydrogens is 300 g/mol. The van der Waals surface area contributed by atoms with Crippen molar-refractivity contribution in [2.75, 3.05) is 0 Å². The van der Waals surface area contributed by atoms with Gasteiger partial charge in [-0.3, -0.25) is 4.79 Å². The number of hydrogen-bond acceptors (Lipinski definition) is 2. The van der Waals surface area contributed by atoms with Gasteiger partial charge < -0.3 is 0 Å². The lowest BCUT2D eigenvalue weighted by atomic mass is 9.91. The van der Waals surface area contributed by atoms with E-state index in [-0.39, 0.29) is 10.6 Å². The maximum atomic E-state index is 13.7. The first kappa shape index (κ1) is 14.5. The van der Waals surface area contributed by atoms with Crippen molar-refractivity contribution in [2.24, 2.45) is 0 Å². The summed E-state index contributed by atoms with van der Waals surface area (Å²) < 4.78 is 13.7. The van der Waals surface area contributed by atoms with Crippen LogP contribution in [0.2, 0.25) is 10.0 Å². The van der Waals surface area contributed by atoms with Gasteiger partial charge in [0.25, 0.3) is 0 Å². The topological polar surface area (TPSA) is 40.9 Å². The maximum Gasteiger partial charge on any atom is 0.187 e. The van der Waals surface area contributed by atoms with E-state index in [0.29, 0.717) is 10.6 Å². The number of benzene rings is 2. The smallest absolute Gasteiger partial charge is 0.187 e. The number of carbonyl (C=O) groups excluding carboxylic acids is 1. The quantitative estimate of drug-likeness (QED) is 0.776. The lowest BCUT2D eigenvalue weighted by Crippen LogP contribution is -2.13. The van der Waals surface area contributed by atoms with Crippen LogP contribution < -0.4 is 0 Å². The van der Waals surface area contributed by atoms with Gasteiger partial charge >= 0.3 is 0 Å². The molecule has 2 rings (SSSR count). The van der Waals surface area contributed by atoms with Crippen LogP contribution in [0.25, 0.3) is 0 Å². The summed E-state index contributed by atoms with van der Waals surface area (Å²) in [6, 6.07) is 11.9. The summed E-state index contributed by atoms with van der Waals surface area (Å²) in [5, 5.41) is 9.83. The predicted molar refractivity (Wildman–Crippen MR) is 75.5 cm³/mol. The van der Waals surface area contributed by atoms with Crippen LogP contribution in [0, 0.1) is 17.1 Å². The molecule has 0 bridgehead atoms. The van der Waals surface area contributed by atoms with Gasteiger partial charge in [0.1, 0.15) is 11.7 Å². The number of ketones is 1. The van der Waals surface area contributed by atoms with Crippen LogP contribution >= 0.6 is 23.2 Å². The van der Waals surface area contributed by atoms with Gasteiger partial charge in [0.2, 0.25) is 0 Å². The molecule has 0 amide bonds. The van der Waals surface area contributed by atoms with Crippen molar-refractivity contribution in [2.45, 2.75) is 5.92 Å². The molecule has 0 saturated heterocycles. The Morgan fingerprint density at radius 2 is 1.85 bits per heavy atom. The Kier molecular flexibility index (Phi) is 4.39. The molecule has 1 unspecified atom stereocenters. The number of halogens is 3. The van der Waals surface area contributed by atoms with Crippen molar-refractivity contribution in [3.8, 4) is 6.07 Å². The highest BCUT2D eigenvalue weighted by Gasteiger charge is 2.24. The molecule has 0 aromatic heterocycles. The Hall–Kier alpha value is -1.89. The Morgan fingerprint density at radius 3 is 2.50 bits per heavy atom. The first-order valence-electron chi connectivity index (χ1n) is 5.67. The Morgan fingerprint density at radius 1 is 1.15 bits per heavy atom. The molecule has 20 heavy (non-hydrogen) atoms. The van der Waals surface area contributed by atoms with Gasteiger partial charge in [0.15, 0.2) is 5.78 Å². The van der Waals surface area contributed by atoms with Gasteiger partial charge in [0, 0.05) is 10.0 Å². The van der Waals surface area contributed by atoms with E-state index in [2.05, 4.69) is 0 Å². The molecule has 5 heteroatoms. The first-order valence-corrected chi connectivity index (χ1v) is 6.43.